The van der Waals surface area contributed by atoms with Crippen molar-refractivity contribution in [2.75, 3.05) is 39.5 Å². The monoisotopic (exact) mass is 358 g/mol. The zero-order valence-corrected chi connectivity index (χ0v) is 15.8. The van der Waals surface area contributed by atoms with Gasteiger partial charge in [0.05, 0.1) is 18.8 Å². The number of rotatable bonds is 5. The van der Waals surface area contributed by atoms with E-state index in [0.717, 1.165) is 70.4 Å². The molecule has 1 aliphatic carbocycles. The quantitative estimate of drug-likeness (QED) is 0.812. The van der Waals surface area contributed by atoms with Gasteiger partial charge in [-0.2, -0.15) is 0 Å². The molecule has 3 fully saturated rings. The maximum absolute atomic E-state index is 12.8. The normalized spacial score (nSPS) is 25.4. The van der Waals surface area contributed by atoms with Crippen molar-refractivity contribution in [3.05, 3.63) is 29.6 Å². The highest BCUT2D eigenvalue weighted by molar-refractivity contribution is 5.94. The molecule has 0 unspecified atom stereocenters. The Morgan fingerprint density at radius 2 is 2.08 bits per heavy atom. The first-order valence-electron chi connectivity index (χ1n) is 10.0. The third-order valence-corrected chi connectivity index (χ3v) is 6.50. The summed E-state index contributed by atoms with van der Waals surface area (Å²) in [6.07, 6.45) is 7.57. The largest absolute Gasteiger partial charge is 0.381 e. The number of piperidine rings is 1. The highest BCUT2D eigenvalue weighted by Gasteiger charge is 2.44. The second-order valence-corrected chi connectivity index (χ2v) is 8.35. The second-order valence-electron chi connectivity index (χ2n) is 8.35. The van der Waals surface area contributed by atoms with Crippen molar-refractivity contribution in [3.8, 4) is 0 Å². The number of hydrogen-bond donors (Lipinski definition) is 0. The van der Waals surface area contributed by atoms with Crippen LogP contribution in [0.1, 0.15) is 48.2 Å². The molecular formula is C21H30N2O3. The Balaban J connectivity index is 1.35. The van der Waals surface area contributed by atoms with E-state index < -0.39 is 0 Å². The third kappa shape index (κ3) is 3.94. The Morgan fingerprint density at radius 3 is 2.77 bits per heavy atom. The van der Waals surface area contributed by atoms with Crippen LogP contribution in [0.25, 0.3) is 0 Å². The molecule has 142 valence electrons. The molecule has 3 aliphatic rings. The fourth-order valence-electron chi connectivity index (χ4n) is 4.36. The fourth-order valence-corrected chi connectivity index (χ4v) is 4.36. The highest BCUT2D eigenvalue weighted by Crippen LogP contribution is 2.45. The predicted molar refractivity (Wildman–Crippen MR) is 99.0 cm³/mol. The number of aromatic nitrogens is 1. The lowest BCUT2D eigenvalue weighted by Gasteiger charge is -2.49. The maximum atomic E-state index is 12.8. The summed E-state index contributed by atoms with van der Waals surface area (Å²) in [6, 6.07) is 3.79. The number of likely N-dealkylation sites (tertiary alicyclic amines) is 1. The van der Waals surface area contributed by atoms with Crippen molar-refractivity contribution in [2.24, 2.45) is 17.3 Å². The van der Waals surface area contributed by atoms with Crippen molar-refractivity contribution in [2.45, 2.75) is 39.0 Å². The fraction of sp³-hybridized carbons (Fsp3) is 0.714. The van der Waals surface area contributed by atoms with Crippen LogP contribution in [0, 0.1) is 24.2 Å². The SMILES string of the molecule is Cc1ccc(C(=O)N2CCC3(CCOC[C@H]3COCC3CC3)CC2)cn1. The molecule has 1 saturated carbocycles. The number of carbonyl (C=O) groups excluding carboxylic acids is 1. The first-order chi connectivity index (χ1) is 12.7. The molecular weight excluding hydrogens is 328 g/mol. The molecule has 26 heavy (non-hydrogen) atoms. The minimum absolute atomic E-state index is 0.112. The van der Waals surface area contributed by atoms with E-state index in [2.05, 4.69) is 4.98 Å². The summed E-state index contributed by atoms with van der Waals surface area (Å²) in [5.74, 6) is 1.38. The average molecular weight is 358 g/mol. The molecule has 1 amide bonds. The Morgan fingerprint density at radius 1 is 1.27 bits per heavy atom. The zero-order chi connectivity index (χ0) is 18.0. The molecule has 2 aliphatic heterocycles. The molecule has 1 atom stereocenters. The lowest BCUT2D eigenvalue weighted by molar-refractivity contribution is -0.0975. The maximum Gasteiger partial charge on any atom is 0.255 e. The van der Waals surface area contributed by atoms with Gasteiger partial charge < -0.3 is 14.4 Å². The molecule has 0 bridgehead atoms. The number of ether oxygens (including phenoxy) is 2. The number of aryl methyl sites for hydroxylation is 1. The Kier molecular flexibility index (Phi) is 5.28. The summed E-state index contributed by atoms with van der Waals surface area (Å²) in [5.41, 5.74) is 1.92. The van der Waals surface area contributed by atoms with Crippen molar-refractivity contribution >= 4 is 5.91 Å². The first-order valence-corrected chi connectivity index (χ1v) is 10.0. The molecule has 1 aromatic heterocycles. The van der Waals surface area contributed by atoms with Gasteiger partial charge in [-0.3, -0.25) is 9.78 Å². The summed E-state index contributed by atoms with van der Waals surface area (Å²) in [6.45, 7) is 6.96. The minimum atomic E-state index is 0.112. The van der Waals surface area contributed by atoms with E-state index in [1.807, 2.05) is 24.0 Å². The van der Waals surface area contributed by atoms with Crippen molar-refractivity contribution < 1.29 is 14.3 Å². The van der Waals surface area contributed by atoms with Crippen LogP contribution in [-0.2, 0) is 9.47 Å². The summed E-state index contributed by atoms with van der Waals surface area (Å²) < 4.78 is 11.8. The predicted octanol–water partition coefficient (Wildman–Crippen LogP) is 3.08. The Labute approximate surface area is 156 Å². The van der Waals surface area contributed by atoms with Gasteiger partial charge in [0, 0.05) is 44.1 Å². The lowest BCUT2D eigenvalue weighted by Crippen LogP contribution is -2.50. The van der Waals surface area contributed by atoms with Crippen LogP contribution in [-0.4, -0.2) is 55.3 Å². The van der Waals surface area contributed by atoms with Crippen molar-refractivity contribution in [3.63, 3.8) is 0 Å². The molecule has 3 heterocycles. The van der Waals surface area contributed by atoms with Crippen LogP contribution in [0.2, 0.25) is 0 Å². The van der Waals surface area contributed by atoms with Gasteiger partial charge in [-0.15, -0.1) is 0 Å². The van der Waals surface area contributed by atoms with E-state index in [-0.39, 0.29) is 11.3 Å². The topological polar surface area (TPSA) is 51.7 Å². The van der Waals surface area contributed by atoms with Gasteiger partial charge in [-0.1, -0.05) is 0 Å². The molecule has 1 spiro atoms. The van der Waals surface area contributed by atoms with E-state index in [1.165, 1.54) is 12.8 Å². The standard InChI is InChI=1S/C21H30N2O3/c1-16-2-5-18(12-22-16)20(24)23-9-6-21(7-10-23)8-11-25-14-19(21)15-26-13-17-3-4-17/h2,5,12,17,19H,3-4,6-11,13-15H2,1H3/t19-/m0/s1. The molecule has 5 nitrogen and oxygen atoms in total. The second kappa shape index (κ2) is 7.65. The van der Waals surface area contributed by atoms with Gasteiger partial charge >= 0.3 is 0 Å². The van der Waals surface area contributed by atoms with Crippen LogP contribution in [0.15, 0.2) is 18.3 Å². The number of hydrogen-bond acceptors (Lipinski definition) is 4. The highest BCUT2D eigenvalue weighted by atomic mass is 16.5. The molecule has 1 aromatic rings. The summed E-state index contributed by atoms with van der Waals surface area (Å²) in [7, 11) is 0. The van der Waals surface area contributed by atoms with Crippen LogP contribution >= 0.6 is 0 Å². The molecule has 2 saturated heterocycles. The van der Waals surface area contributed by atoms with Gasteiger partial charge in [-0.25, -0.2) is 0 Å². The third-order valence-electron chi connectivity index (χ3n) is 6.50. The molecule has 5 heteroatoms. The molecule has 0 N–H and O–H groups in total. The van der Waals surface area contributed by atoms with E-state index in [0.29, 0.717) is 11.5 Å². The Hall–Kier alpha value is -1.46. The molecule has 0 radical (unpaired) electrons. The lowest BCUT2D eigenvalue weighted by atomic mass is 9.66. The van der Waals surface area contributed by atoms with Crippen molar-refractivity contribution in [1.82, 2.24) is 9.88 Å². The smallest absolute Gasteiger partial charge is 0.255 e. The first kappa shape index (κ1) is 17.9. The van der Waals surface area contributed by atoms with Crippen LogP contribution in [0.5, 0.6) is 0 Å². The average Bonchev–Trinajstić information content (AvgIpc) is 3.49. The van der Waals surface area contributed by atoms with Gasteiger partial charge in [-0.05, 0) is 62.5 Å². The number of amides is 1. The van der Waals surface area contributed by atoms with Crippen LogP contribution in [0.3, 0.4) is 0 Å². The summed E-state index contributed by atoms with van der Waals surface area (Å²) in [4.78, 5) is 19.0. The number of pyridine rings is 1. The van der Waals surface area contributed by atoms with E-state index in [9.17, 15) is 4.79 Å². The molecule has 4 rings (SSSR count). The summed E-state index contributed by atoms with van der Waals surface area (Å²) in [5, 5.41) is 0. The van der Waals surface area contributed by atoms with Gasteiger partial charge in [0.2, 0.25) is 0 Å². The van der Waals surface area contributed by atoms with Gasteiger partial charge in [0.15, 0.2) is 0 Å². The van der Waals surface area contributed by atoms with Gasteiger partial charge in [0.1, 0.15) is 0 Å². The minimum Gasteiger partial charge on any atom is -0.381 e. The van der Waals surface area contributed by atoms with Crippen LogP contribution < -0.4 is 0 Å². The van der Waals surface area contributed by atoms with Crippen LogP contribution in [0.4, 0.5) is 0 Å². The van der Waals surface area contributed by atoms with E-state index in [4.69, 9.17) is 9.47 Å². The van der Waals surface area contributed by atoms with E-state index in [1.54, 1.807) is 6.20 Å². The number of carbonyl (C=O) groups is 1. The van der Waals surface area contributed by atoms with Crippen molar-refractivity contribution in [1.29, 1.82) is 0 Å². The summed E-state index contributed by atoms with van der Waals surface area (Å²) >= 11 is 0. The Bertz CT molecular complexity index is 619. The molecule has 0 aromatic carbocycles. The number of nitrogens with zero attached hydrogens (tertiary/aromatic N) is 2. The van der Waals surface area contributed by atoms with E-state index >= 15 is 0 Å². The van der Waals surface area contributed by atoms with Gasteiger partial charge in [0.25, 0.3) is 5.91 Å². The zero-order valence-electron chi connectivity index (χ0n) is 15.8.